The number of ether oxygens (including phenoxy) is 1. The molecule has 147 valence electrons. The molecule has 2 unspecified atom stereocenters. The maximum atomic E-state index is 12.8. The first kappa shape index (κ1) is 24.3. The summed E-state index contributed by atoms with van der Waals surface area (Å²) in [5, 5.41) is 3.09. The summed E-state index contributed by atoms with van der Waals surface area (Å²) in [4.78, 5) is 25.0. The number of para-hydroxylation sites is 1. The summed E-state index contributed by atoms with van der Waals surface area (Å²) in [5.74, 6) is -0.173. The van der Waals surface area contributed by atoms with Crippen LogP contribution in [0.3, 0.4) is 0 Å². The molecule has 1 aromatic carbocycles. The van der Waals surface area contributed by atoms with Crippen LogP contribution in [-0.2, 0) is 47.0 Å². The van der Waals surface area contributed by atoms with Crippen molar-refractivity contribution in [3.63, 3.8) is 0 Å². The summed E-state index contributed by atoms with van der Waals surface area (Å²) in [6.07, 6.45) is 2.65. The Labute approximate surface area is 188 Å². The van der Waals surface area contributed by atoms with E-state index in [9.17, 15) is 9.59 Å². The predicted molar refractivity (Wildman–Crippen MR) is 104 cm³/mol. The van der Waals surface area contributed by atoms with E-state index < -0.39 is 0 Å². The standard InChI is InChI=1S/C21H32N2O3.Y/c1-5-13-26-21(25)18-11-8-12-23(6-2,14-18)15-19(24)22-20-16(3)9-7-10-17(20)4;/h7,9-10,18H,5-6,8,11-15H2,1-4H3;/p+1. The Hall–Kier alpha value is -0.776. The molecular weight excluding hydrogens is 417 g/mol. The summed E-state index contributed by atoms with van der Waals surface area (Å²) in [6, 6.07) is 6.01. The zero-order valence-corrected chi connectivity index (χ0v) is 20.1. The van der Waals surface area contributed by atoms with Crippen LogP contribution in [0.1, 0.15) is 44.2 Å². The molecule has 0 aromatic heterocycles. The fraction of sp³-hybridized carbons (Fsp3) is 0.619. The maximum Gasteiger partial charge on any atom is 0.314 e. The summed E-state index contributed by atoms with van der Waals surface area (Å²) >= 11 is 0. The molecule has 1 N–H and O–H groups in total. The van der Waals surface area contributed by atoms with E-state index in [1.54, 1.807) is 0 Å². The number of carbonyl (C=O) groups excluding carboxylic acids is 2. The van der Waals surface area contributed by atoms with Gasteiger partial charge < -0.3 is 14.5 Å². The molecule has 0 spiro atoms. The van der Waals surface area contributed by atoms with Crippen LogP contribution < -0.4 is 5.32 Å². The molecule has 0 bridgehead atoms. The number of aryl methyl sites for hydroxylation is 2. The number of amides is 1. The molecule has 27 heavy (non-hydrogen) atoms. The Kier molecular flexibility index (Phi) is 10.1. The van der Waals surface area contributed by atoms with Crippen molar-refractivity contribution in [1.29, 1.82) is 0 Å². The molecule has 1 aliphatic heterocycles. The fourth-order valence-corrected chi connectivity index (χ4v) is 3.87. The van der Waals surface area contributed by atoms with Gasteiger partial charge in [-0.15, -0.1) is 0 Å². The number of carbonyl (C=O) groups is 2. The largest absolute Gasteiger partial charge is 0.465 e. The van der Waals surface area contributed by atoms with Crippen molar-refractivity contribution in [3.8, 4) is 0 Å². The van der Waals surface area contributed by atoms with Crippen molar-refractivity contribution in [2.24, 2.45) is 5.92 Å². The molecule has 1 aromatic rings. The van der Waals surface area contributed by atoms with Crippen molar-refractivity contribution < 1.29 is 51.5 Å². The Bertz CT molecular complexity index is 630. The summed E-state index contributed by atoms with van der Waals surface area (Å²) in [5.41, 5.74) is 3.05. The van der Waals surface area contributed by atoms with Crippen molar-refractivity contribution in [1.82, 2.24) is 0 Å². The van der Waals surface area contributed by atoms with Crippen molar-refractivity contribution >= 4 is 17.6 Å². The number of nitrogens with one attached hydrogen (secondary N) is 1. The maximum absolute atomic E-state index is 12.8. The number of hydrogen-bond acceptors (Lipinski definition) is 3. The first-order valence-electron chi connectivity index (χ1n) is 9.78. The molecule has 1 aliphatic rings. The molecule has 0 aliphatic carbocycles. The van der Waals surface area contributed by atoms with Crippen LogP contribution in [0.4, 0.5) is 5.69 Å². The molecule has 6 heteroatoms. The average molecular weight is 450 g/mol. The second kappa shape index (κ2) is 11.3. The van der Waals surface area contributed by atoms with E-state index >= 15 is 0 Å². The second-order valence-corrected chi connectivity index (χ2v) is 7.54. The zero-order valence-electron chi connectivity index (χ0n) is 17.2. The molecule has 1 radical (unpaired) electrons. The third-order valence-electron chi connectivity index (χ3n) is 5.47. The fourth-order valence-electron chi connectivity index (χ4n) is 3.87. The van der Waals surface area contributed by atoms with Crippen LogP contribution in [-0.4, -0.2) is 49.1 Å². The van der Waals surface area contributed by atoms with E-state index in [1.807, 2.05) is 39.0 Å². The van der Waals surface area contributed by atoms with Gasteiger partial charge in [-0.25, -0.2) is 0 Å². The third kappa shape index (κ3) is 6.65. The minimum Gasteiger partial charge on any atom is -0.465 e. The number of benzene rings is 1. The van der Waals surface area contributed by atoms with E-state index in [0.717, 1.165) is 49.2 Å². The second-order valence-electron chi connectivity index (χ2n) is 7.54. The first-order chi connectivity index (χ1) is 12.4. The number of rotatable bonds is 7. The smallest absolute Gasteiger partial charge is 0.314 e. The normalized spacial score (nSPS) is 21.9. The monoisotopic (exact) mass is 450 g/mol. The molecule has 1 heterocycles. The molecule has 1 saturated heterocycles. The van der Waals surface area contributed by atoms with E-state index in [0.29, 0.717) is 24.2 Å². The van der Waals surface area contributed by atoms with Gasteiger partial charge in [0.1, 0.15) is 5.92 Å². The molecular formula is C21H33N2O3Y+. The Morgan fingerprint density at radius 1 is 1.22 bits per heavy atom. The number of likely N-dealkylation sites (tertiary alicyclic amines) is 1. The van der Waals surface area contributed by atoms with Crippen molar-refractivity contribution in [2.75, 3.05) is 38.1 Å². The van der Waals surface area contributed by atoms with Crippen LogP contribution in [0.15, 0.2) is 18.2 Å². The van der Waals surface area contributed by atoms with Gasteiger partial charge in [-0.05, 0) is 51.2 Å². The first-order valence-corrected chi connectivity index (χ1v) is 9.78. The van der Waals surface area contributed by atoms with Gasteiger partial charge in [0.2, 0.25) is 0 Å². The van der Waals surface area contributed by atoms with E-state index in [4.69, 9.17) is 4.74 Å². The number of hydrogen-bond donors (Lipinski definition) is 1. The van der Waals surface area contributed by atoms with E-state index in [2.05, 4.69) is 12.2 Å². The van der Waals surface area contributed by atoms with Crippen LogP contribution in [0.5, 0.6) is 0 Å². The van der Waals surface area contributed by atoms with E-state index in [-0.39, 0.29) is 50.5 Å². The van der Waals surface area contributed by atoms with Gasteiger partial charge in [0.05, 0.1) is 26.2 Å². The van der Waals surface area contributed by atoms with E-state index in [1.165, 1.54) is 0 Å². The Morgan fingerprint density at radius 3 is 2.48 bits per heavy atom. The summed E-state index contributed by atoms with van der Waals surface area (Å²) in [6.45, 7) is 11.5. The number of anilines is 1. The number of quaternary nitrogens is 1. The molecule has 0 saturated carbocycles. The number of nitrogens with zero attached hydrogens (tertiary/aromatic N) is 1. The van der Waals surface area contributed by atoms with Crippen LogP contribution in [0.2, 0.25) is 0 Å². The topological polar surface area (TPSA) is 55.4 Å². The van der Waals surface area contributed by atoms with Gasteiger partial charge in [0.15, 0.2) is 6.54 Å². The number of likely N-dealkylation sites (N-methyl/N-ethyl adjacent to an activating group) is 1. The molecule has 2 atom stereocenters. The summed E-state index contributed by atoms with van der Waals surface area (Å²) < 4.78 is 6.01. The van der Waals surface area contributed by atoms with Gasteiger partial charge in [0.25, 0.3) is 5.91 Å². The summed E-state index contributed by atoms with van der Waals surface area (Å²) in [7, 11) is 0. The number of esters is 1. The van der Waals surface area contributed by atoms with Crippen LogP contribution >= 0.6 is 0 Å². The van der Waals surface area contributed by atoms with Gasteiger partial charge >= 0.3 is 5.97 Å². The van der Waals surface area contributed by atoms with Crippen molar-refractivity contribution in [2.45, 2.75) is 47.0 Å². The minimum atomic E-state index is -0.0994. The van der Waals surface area contributed by atoms with Gasteiger partial charge in [-0.3, -0.25) is 9.59 Å². The number of piperidine rings is 1. The average Bonchev–Trinajstić information content (AvgIpc) is 2.63. The van der Waals surface area contributed by atoms with Gasteiger partial charge in [-0.2, -0.15) is 0 Å². The molecule has 2 rings (SSSR count). The minimum absolute atomic E-state index is 0. The Balaban J connectivity index is 0.00000364. The molecule has 5 nitrogen and oxygen atoms in total. The quantitative estimate of drug-likeness (QED) is 0.512. The predicted octanol–water partition coefficient (Wildman–Crippen LogP) is 3.44. The van der Waals surface area contributed by atoms with Gasteiger partial charge in [-0.1, -0.05) is 25.1 Å². The van der Waals surface area contributed by atoms with Crippen LogP contribution in [0.25, 0.3) is 0 Å². The Morgan fingerprint density at radius 2 is 1.89 bits per heavy atom. The SMILES string of the molecule is CCCOC(=O)C1CCC[N+](CC)(CC(=O)Nc2c(C)cccc2C)C1.[Y]. The van der Waals surface area contributed by atoms with Gasteiger partial charge in [0, 0.05) is 38.4 Å². The third-order valence-corrected chi connectivity index (χ3v) is 5.47. The van der Waals surface area contributed by atoms with Crippen molar-refractivity contribution in [3.05, 3.63) is 29.3 Å². The zero-order chi connectivity index (χ0) is 19.2. The molecule has 1 amide bonds. The molecule has 1 fully saturated rings. The van der Waals surface area contributed by atoms with Crippen LogP contribution in [0, 0.1) is 19.8 Å².